The second kappa shape index (κ2) is 52.5. The Morgan fingerprint density at radius 3 is 1.21 bits per heavy atom. The SMILES string of the molecule is CCCNC(N)=O.CCCn1c(N)cc(=O)[nH]c1=O.CCCn1c(N)cc(=O)n(C2CC2)c1=O.CCCn1c(N=CN(C)C)cc(=O)[nH]c1=O.CCCn1c(N=CN(C)C)cc(=O)[nH]c1=O.CCCn1c(N=CN(C)C)cc(=O)n(C2CC2)c1=O.CCOC(=O)CC#N.COC(OC)N(C)C.OB(O)C1CC1. The molecule has 0 aromatic carbocycles. The number of hydrogen-bond donors (Lipinski definition) is 9. The van der Waals surface area contributed by atoms with E-state index in [1.165, 1.54) is 57.7 Å². The van der Waals surface area contributed by atoms with Crippen LogP contribution in [0.5, 0.6) is 0 Å². The number of H-pyrrole nitrogens is 3. The largest absolute Gasteiger partial charge is 0.465 e. The molecule has 5 aromatic heterocycles. The fourth-order valence-corrected chi connectivity index (χ4v) is 8.58. The van der Waals surface area contributed by atoms with Gasteiger partial charge in [0.2, 0.25) is 6.41 Å². The molecule has 0 atom stereocenters. The number of aliphatic imine (C=N–C) groups is 3. The number of methoxy groups -OCH3 is 2. The van der Waals surface area contributed by atoms with E-state index in [2.05, 4.69) is 40.0 Å². The van der Waals surface area contributed by atoms with Gasteiger partial charge >= 0.3 is 47.6 Å². The zero-order valence-corrected chi connectivity index (χ0v) is 65.1. The molecule has 3 fully saturated rings. The molecular weight excluding hydrogens is 1400 g/mol. The number of amides is 2. The number of aromatic nitrogens is 10. The predicted molar refractivity (Wildman–Crippen MR) is 416 cm³/mol. The fourth-order valence-electron chi connectivity index (χ4n) is 8.58. The van der Waals surface area contributed by atoms with Crippen LogP contribution in [-0.2, 0) is 51.7 Å². The van der Waals surface area contributed by atoms with Crippen LogP contribution >= 0.6 is 0 Å². The maximum absolute atomic E-state index is 12.4. The second-order valence-corrected chi connectivity index (χ2v) is 24.8. The number of hydrogen-bond acceptors (Lipinski definition) is 24. The summed E-state index contributed by atoms with van der Waals surface area (Å²) >= 11 is 0. The Labute approximate surface area is 621 Å². The number of urea groups is 1. The third-order valence-corrected chi connectivity index (χ3v) is 13.8. The molecule has 40 heteroatoms. The van der Waals surface area contributed by atoms with Gasteiger partial charge < -0.3 is 61.5 Å². The Bertz CT molecular complexity index is 4160. The van der Waals surface area contributed by atoms with Gasteiger partial charge in [0.25, 0.3) is 27.8 Å². The summed E-state index contributed by atoms with van der Waals surface area (Å²) in [4.78, 5) is 161. The summed E-state index contributed by atoms with van der Waals surface area (Å²) in [7, 11) is 16.9. The molecule has 8 rings (SSSR count). The molecule has 12 N–H and O–H groups in total. The molecule has 3 aliphatic carbocycles. The van der Waals surface area contributed by atoms with Crippen molar-refractivity contribution >= 4 is 67.2 Å². The van der Waals surface area contributed by atoms with Gasteiger partial charge in [-0.05, 0) is 91.0 Å². The van der Waals surface area contributed by atoms with Crippen molar-refractivity contribution in [1.29, 1.82) is 5.26 Å². The molecule has 5 heterocycles. The van der Waals surface area contributed by atoms with E-state index in [1.54, 1.807) is 65.5 Å². The number of esters is 1. The number of ether oxygens (including phenoxy) is 3. The zero-order valence-electron chi connectivity index (χ0n) is 65.1. The van der Waals surface area contributed by atoms with Gasteiger partial charge in [0.05, 0.1) is 31.7 Å². The first-order chi connectivity index (χ1) is 50.5. The first-order valence-corrected chi connectivity index (χ1v) is 35.1. The zero-order chi connectivity index (χ0) is 81.6. The van der Waals surface area contributed by atoms with Gasteiger partial charge in [0, 0.05) is 138 Å². The minimum absolute atomic E-state index is 0.0926. The molecule has 2 amide bonds. The Morgan fingerprint density at radius 1 is 0.561 bits per heavy atom. The van der Waals surface area contributed by atoms with Crippen LogP contribution in [0.15, 0.2) is 93.3 Å². The highest BCUT2D eigenvalue weighted by atomic mass is 16.7. The van der Waals surface area contributed by atoms with Crippen LogP contribution in [-0.4, -0.2) is 205 Å². The van der Waals surface area contributed by atoms with E-state index in [9.17, 15) is 57.5 Å². The Balaban J connectivity index is 0.00000121. The van der Waals surface area contributed by atoms with Gasteiger partial charge in [-0.2, -0.15) is 5.26 Å². The van der Waals surface area contributed by atoms with Gasteiger partial charge in [-0.3, -0.25) is 80.6 Å². The molecule has 598 valence electrons. The number of nitrogens with one attached hydrogen (secondary N) is 4. The molecule has 0 aliphatic heterocycles. The van der Waals surface area contributed by atoms with E-state index in [0.29, 0.717) is 63.3 Å². The number of nitrogen functional groups attached to an aromatic ring is 2. The average molecular weight is 1510 g/mol. The fraction of sp³-hybridized carbons (Fsp3) is 0.612. The molecule has 0 radical (unpaired) electrons. The summed E-state index contributed by atoms with van der Waals surface area (Å²) in [6.45, 7) is 17.2. The van der Waals surface area contributed by atoms with Crippen LogP contribution in [0.3, 0.4) is 0 Å². The Hall–Kier alpha value is -10.5. The number of nitrogens with two attached hydrogens (primary N) is 3. The third-order valence-electron chi connectivity index (χ3n) is 13.8. The Kier molecular flexibility index (Phi) is 47.3. The van der Waals surface area contributed by atoms with E-state index in [-0.39, 0.29) is 64.9 Å². The molecule has 0 spiro atoms. The highest BCUT2D eigenvalue weighted by Gasteiger charge is 2.33. The van der Waals surface area contributed by atoms with Crippen molar-refractivity contribution in [3.8, 4) is 6.07 Å². The number of anilines is 2. The van der Waals surface area contributed by atoms with E-state index in [4.69, 9.17) is 42.0 Å². The van der Waals surface area contributed by atoms with Crippen molar-refractivity contribution in [1.82, 2.24) is 71.8 Å². The maximum atomic E-state index is 12.4. The second-order valence-electron chi connectivity index (χ2n) is 24.8. The summed E-state index contributed by atoms with van der Waals surface area (Å²) in [6.07, 6.45) is 15.0. The van der Waals surface area contributed by atoms with Crippen molar-refractivity contribution in [2.45, 2.75) is 189 Å². The quantitative estimate of drug-likeness (QED) is 0.0124. The summed E-state index contributed by atoms with van der Waals surface area (Å²) < 4.78 is 24.1. The van der Waals surface area contributed by atoms with Crippen LogP contribution in [0, 0.1) is 11.3 Å². The van der Waals surface area contributed by atoms with Gasteiger partial charge in [-0.25, -0.2) is 43.7 Å². The van der Waals surface area contributed by atoms with Crippen LogP contribution in [0.2, 0.25) is 5.82 Å². The lowest BCUT2D eigenvalue weighted by Crippen LogP contribution is -2.40. The van der Waals surface area contributed by atoms with Crippen LogP contribution < -0.4 is 78.8 Å². The maximum Gasteiger partial charge on any atom is 0.454 e. The molecule has 5 aromatic rings. The van der Waals surface area contributed by atoms with Gasteiger partial charge in [0.15, 0.2) is 0 Å². The summed E-state index contributed by atoms with van der Waals surface area (Å²) in [5.41, 5.74) is 12.2. The normalized spacial score (nSPS) is 12.4. The lowest BCUT2D eigenvalue weighted by molar-refractivity contribution is -0.179. The monoisotopic (exact) mass is 1510 g/mol. The van der Waals surface area contributed by atoms with E-state index in [0.717, 1.165) is 77.0 Å². The molecule has 3 aliphatic rings. The summed E-state index contributed by atoms with van der Waals surface area (Å²) in [5, 5.41) is 26.8. The van der Waals surface area contributed by atoms with Gasteiger partial charge in [0.1, 0.15) is 35.5 Å². The highest BCUT2D eigenvalue weighted by molar-refractivity contribution is 6.44. The smallest absolute Gasteiger partial charge is 0.454 e. The lowest BCUT2D eigenvalue weighted by Gasteiger charge is -2.19. The van der Waals surface area contributed by atoms with Gasteiger partial charge in [-0.1, -0.05) is 54.4 Å². The summed E-state index contributed by atoms with van der Waals surface area (Å²) in [5.74, 6) is 1.44. The van der Waals surface area contributed by atoms with Crippen molar-refractivity contribution in [3.63, 3.8) is 0 Å². The van der Waals surface area contributed by atoms with Gasteiger partial charge in [-0.15, -0.1) is 0 Å². The highest BCUT2D eigenvalue weighted by Crippen LogP contribution is 2.37. The molecule has 39 nitrogen and oxygen atoms in total. The predicted octanol–water partition coefficient (Wildman–Crippen LogP) is 1.45. The molecule has 0 saturated heterocycles. The molecule has 107 heavy (non-hydrogen) atoms. The van der Waals surface area contributed by atoms with Crippen LogP contribution in [0.1, 0.15) is 144 Å². The molecule has 0 bridgehead atoms. The van der Waals surface area contributed by atoms with E-state index in [1.807, 2.05) is 103 Å². The third kappa shape index (κ3) is 38.9. The van der Waals surface area contributed by atoms with Crippen molar-refractivity contribution in [2.24, 2.45) is 20.7 Å². The van der Waals surface area contributed by atoms with Crippen molar-refractivity contribution in [2.75, 3.05) is 95.2 Å². The minimum Gasteiger partial charge on any atom is -0.465 e. The number of aromatic amines is 3. The topological polar surface area (TPSA) is 519 Å². The van der Waals surface area contributed by atoms with E-state index >= 15 is 0 Å². The standard InChI is InChI=1S/C13H20N4O2.2C10H16N4O2.C10H15N3O2.C7H11N3O2.C5H13NO2.C5H7NO2.C4H10N2O.C3H7BO2/c1-4-7-16-11(14-9-15(2)3)8-12(18)17(13(16)19)10-5-6-10;2*1-4-5-14-8(11-7-13(2)3)6-9(15)12-10(14)16;1-2-5-12-8(11)6-9(14)13(10(12)15)7-3-4-7;1-2-3-10-5(8)4-6(11)9-7(10)12;1-6(2)5(7-3)8-4;1-2-8-5(7)3-4-6;1-2-3-6-4(5)7;5-4(6)3-1-2-3/h8-10H,4-7H2,1-3H3;2*6-7H,4-5H2,1-3H3,(H,12,15,16);6-7H,2-5,11H2,1H3;4H,2-3,8H2,1H3,(H,9,11,12);5H,1-4H3;2-3H2,1H3;2-3H2,1H3,(H3,5,6,7);3,5-6H,1-2H2. The van der Waals surface area contributed by atoms with Crippen molar-refractivity contribution < 1.29 is 33.8 Å². The number of carbonyl (C=O) groups excluding carboxylic acids is 2. The average Bonchev–Trinajstić information content (AvgIpc) is 1.73. The molecule has 3 saturated carbocycles. The number of nitriles is 1. The number of primary amides is 1. The molecular formula is C67H115BN22O17. The first-order valence-electron chi connectivity index (χ1n) is 35.1. The van der Waals surface area contributed by atoms with Crippen LogP contribution in [0.25, 0.3) is 0 Å². The van der Waals surface area contributed by atoms with Crippen molar-refractivity contribution in [3.05, 3.63) is 135 Å². The van der Waals surface area contributed by atoms with E-state index < -0.39 is 52.9 Å². The number of carbonyl (C=O) groups is 2. The summed E-state index contributed by atoms with van der Waals surface area (Å²) in [6, 6.07) is 8.07. The van der Waals surface area contributed by atoms with Crippen LogP contribution in [0.4, 0.5) is 33.9 Å². The minimum atomic E-state index is -1.04. The lowest BCUT2D eigenvalue weighted by atomic mass is 9.84. The molecule has 0 unspecified atom stereocenters. The number of rotatable bonds is 26. The first kappa shape index (κ1) is 96.5. The Morgan fingerprint density at radius 2 is 0.916 bits per heavy atom. The number of nitrogens with zero attached hydrogens (tertiary/aromatic N) is 15.